The van der Waals surface area contributed by atoms with Crippen molar-refractivity contribution < 1.29 is 28.4 Å². The van der Waals surface area contributed by atoms with Crippen molar-refractivity contribution in [2.45, 2.75) is 54.8 Å². The van der Waals surface area contributed by atoms with Gasteiger partial charge < -0.3 is 28.4 Å². The van der Waals surface area contributed by atoms with Crippen molar-refractivity contribution >= 4 is 22.7 Å². The predicted octanol–water partition coefficient (Wildman–Crippen LogP) is 5.57. The summed E-state index contributed by atoms with van der Waals surface area (Å²) in [6.07, 6.45) is 0.0615. The zero-order valence-electron chi connectivity index (χ0n) is 17.2. The Kier molecular flexibility index (Phi) is 10.4. The van der Waals surface area contributed by atoms with E-state index in [1.807, 2.05) is 13.8 Å². The van der Waals surface area contributed by atoms with Crippen LogP contribution < -0.4 is 18.9 Å². The second kappa shape index (κ2) is 11.8. The van der Waals surface area contributed by atoms with E-state index in [0.29, 0.717) is 26.4 Å². The number of hydrogen-bond acceptors (Lipinski definition) is 8. The molecule has 0 amide bonds. The van der Waals surface area contributed by atoms with Gasteiger partial charge in [0, 0.05) is 33.7 Å². The lowest BCUT2D eigenvalue weighted by Gasteiger charge is -2.24. The largest absolute Gasteiger partial charge is 0.486 e. The van der Waals surface area contributed by atoms with Crippen LogP contribution in [0, 0.1) is 27.7 Å². The second-order valence-corrected chi connectivity index (χ2v) is 9.59. The number of methoxy groups -OCH3 is 2. The molecule has 8 heteroatoms. The Hall–Kier alpha value is -1.48. The summed E-state index contributed by atoms with van der Waals surface area (Å²) in [6, 6.07) is 0. The highest BCUT2D eigenvalue weighted by molar-refractivity contribution is 7.12. The molecule has 172 valence electrons. The Morgan fingerprint density at radius 1 is 0.733 bits per heavy atom. The van der Waals surface area contributed by atoms with Crippen LogP contribution in [-0.2, 0) is 9.47 Å². The molecule has 0 saturated carbocycles. The van der Waals surface area contributed by atoms with Crippen LogP contribution in [0.5, 0.6) is 23.0 Å². The first-order valence-corrected chi connectivity index (χ1v) is 10.8. The van der Waals surface area contributed by atoms with E-state index < -0.39 is 0 Å². The number of rotatable bonds is 3. The van der Waals surface area contributed by atoms with E-state index >= 15 is 0 Å². The molecule has 2 aliphatic heterocycles. The molecule has 4 rings (SSSR count). The molecule has 2 aromatic rings. The van der Waals surface area contributed by atoms with Crippen molar-refractivity contribution in [3.8, 4) is 23.0 Å². The zero-order chi connectivity index (χ0) is 20.3. The molecule has 0 saturated heterocycles. The van der Waals surface area contributed by atoms with Crippen LogP contribution in [0.4, 0.5) is 0 Å². The van der Waals surface area contributed by atoms with E-state index in [4.69, 9.17) is 28.4 Å². The van der Waals surface area contributed by atoms with Gasteiger partial charge in [-0.1, -0.05) is 14.9 Å². The first-order chi connectivity index (χ1) is 13.4. The number of fused-ring (bicyclic) bond motifs is 2. The molecule has 30 heavy (non-hydrogen) atoms. The van der Waals surface area contributed by atoms with Crippen molar-refractivity contribution in [1.29, 1.82) is 0 Å². The zero-order valence-corrected chi connectivity index (χ0v) is 18.9. The molecule has 0 spiro atoms. The molecule has 0 bridgehead atoms. The standard InChI is InChI=1S/2C10H14O3S.2CH4/c1-6-9-10(7(2)14-6)13-5-8(11-3)4-12-9;1-6-9-10(7(2)14-6)13-8(4-11-3)5-12-9;;/h2*8H,4-5H2,1-3H3;2*1H4. The molecule has 0 aliphatic carbocycles. The van der Waals surface area contributed by atoms with Crippen LogP contribution in [0.15, 0.2) is 0 Å². The van der Waals surface area contributed by atoms with E-state index in [1.54, 1.807) is 36.9 Å². The van der Waals surface area contributed by atoms with Gasteiger partial charge in [-0.25, -0.2) is 0 Å². The van der Waals surface area contributed by atoms with Gasteiger partial charge in [0.05, 0.1) is 6.61 Å². The van der Waals surface area contributed by atoms with Crippen LogP contribution in [-0.4, -0.2) is 52.9 Å². The molecule has 1 atom stereocenters. The highest BCUT2D eigenvalue weighted by atomic mass is 32.1. The summed E-state index contributed by atoms with van der Waals surface area (Å²) >= 11 is 3.43. The van der Waals surface area contributed by atoms with Gasteiger partial charge >= 0.3 is 0 Å². The van der Waals surface area contributed by atoms with E-state index in [0.717, 1.165) is 23.0 Å². The summed E-state index contributed by atoms with van der Waals surface area (Å²) in [6.45, 7) is 10.5. The quantitative estimate of drug-likeness (QED) is 0.596. The Balaban J connectivity index is 0.000000281. The van der Waals surface area contributed by atoms with Gasteiger partial charge in [-0.2, -0.15) is 0 Å². The normalized spacial score (nSPS) is 17.1. The molecule has 0 N–H and O–H groups in total. The summed E-state index contributed by atoms with van der Waals surface area (Å²) in [7, 11) is 3.35. The predicted molar refractivity (Wildman–Crippen MR) is 125 cm³/mol. The fourth-order valence-electron chi connectivity index (χ4n) is 3.10. The molecule has 6 nitrogen and oxygen atoms in total. The Morgan fingerprint density at radius 2 is 1.17 bits per heavy atom. The van der Waals surface area contributed by atoms with Crippen LogP contribution >= 0.6 is 22.7 Å². The topological polar surface area (TPSA) is 55.4 Å². The first kappa shape index (κ1) is 26.6. The molecule has 2 aliphatic rings. The molecule has 0 radical (unpaired) electrons. The summed E-state index contributed by atoms with van der Waals surface area (Å²) in [5.41, 5.74) is 0. The second-order valence-electron chi connectivity index (χ2n) is 6.73. The minimum atomic E-state index is 0. The SMILES string of the molecule is C.C.COC1COc2c(C)sc(C)c2OC1.COCC1COc2c(C)sc(C)c2O1. The number of thiophene rings is 2. The number of aryl methyl sites for hydroxylation is 4. The first-order valence-electron chi connectivity index (χ1n) is 9.21. The summed E-state index contributed by atoms with van der Waals surface area (Å²) in [5.74, 6) is 3.61. The van der Waals surface area contributed by atoms with Gasteiger partial charge in [-0.15, -0.1) is 22.7 Å². The average molecular weight is 461 g/mol. The lowest BCUT2D eigenvalue weighted by Crippen LogP contribution is -2.32. The smallest absolute Gasteiger partial charge is 0.175 e. The van der Waals surface area contributed by atoms with Gasteiger partial charge in [0.2, 0.25) is 0 Å². The van der Waals surface area contributed by atoms with Gasteiger partial charge in [-0.3, -0.25) is 0 Å². The Bertz CT molecular complexity index is 753. The highest BCUT2D eigenvalue weighted by Crippen LogP contribution is 2.44. The third-order valence-corrected chi connectivity index (χ3v) is 6.48. The Morgan fingerprint density at radius 3 is 1.63 bits per heavy atom. The molecule has 2 aromatic heterocycles. The van der Waals surface area contributed by atoms with Crippen molar-refractivity contribution in [3.63, 3.8) is 0 Å². The van der Waals surface area contributed by atoms with E-state index in [1.165, 1.54) is 19.5 Å². The van der Waals surface area contributed by atoms with E-state index in [-0.39, 0.29) is 27.1 Å². The van der Waals surface area contributed by atoms with Crippen LogP contribution in [0.2, 0.25) is 0 Å². The maximum Gasteiger partial charge on any atom is 0.175 e. The highest BCUT2D eigenvalue weighted by Gasteiger charge is 2.26. The molecule has 0 fully saturated rings. The van der Waals surface area contributed by atoms with Gasteiger partial charge in [0.15, 0.2) is 29.1 Å². The molecule has 4 heterocycles. The van der Waals surface area contributed by atoms with Crippen LogP contribution in [0.1, 0.15) is 34.4 Å². The van der Waals surface area contributed by atoms with Gasteiger partial charge in [0.25, 0.3) is 0 Å². The van der Waals surface area contributed by atoms with E-state index in [9.17, 15) is 0 Å². The number of ether oxygens (including phenoxy) is 6. The molecular weight excluding hydrogens is 424 g/mol. The van der Waals surface area contributed by atoms with Crippen LogP contribution in [0.3, 0.4) is 0 Å². The average Bonchev–Trinajstić information content (AvgIpc) is 3.00. The summed E-state index contributed by atoms with van der Waals surface area (Å²) < 4.78 is 33.0. The molecule has 1 unspecified atom stereocenters. The van der Waals surface area contributed by atoms with Crippen molar-refractivity contribution in [2.24, 2.45) is 0 Å². The minimum absolute atomic E-state index is 0. The lowest BCUT2D eigenvalue weighted by atomic mass is 10.3. The van der Waals surface area contributed by atoms with Crippen LogP contribution in [0.25, 0.3) is 0 Å². The van der Waals surface area contributed by atoms with Crippen molar-refractivity contribution in [1.82, 2.24) is 0 Å². The minimum Gasteiger partial charge on any atom is -0.486 e. The maximum atomic E-state index is 5.78. The monoisotopic (exact) mass is 460 g/mol. The lowest BCUT2D eigenvalue weighted by molar-refractivity contribution is 0.0272. The fraction of sp³-hybridized carbons (Fsp3) is 0.636. The van der Waals surface area contributed by atoms with E-state index in [2.05, 4.69) is 13.8 Å². The maximum absolute atomic E-state index is 5.78. The Labute approximate surface area is 189 Å². The van der Waals surface area contributed by atoms with Crippen molar-refractivity contribution in [2.75, 3.05) is 40.6 Å². The molecular formula is C22H36O6S2. The molecule has 0 aromatic carbocycles. The third-order valence-electron chi connectivity index (χ3n) is 4.51. The number of hydrogen-bond donors (Lipinski definition) is 0. The van der Waals surface area contributed by atoms with Gasteiger partial charge in [0.1, 0.15) is 25.9 Å². The van der Waals surface area contributed by atoms with Gasteiger partial charge in [-0.05, 0) is 27.7 Å². The fourth-order valence-corrected chi connectivity index (χ4v) is 4.99. The van der Waals surface area contributed by atoms with Crippen molar-refractivity contribution in [3.05, 3.63) is 19.5 Å². The summed E-state index contributed by atoms with van der Waals surface area (Å²) in [5, 5.41) is 0. The summed E-state index contributed by atoms with van der Waals surface area (Å²) in [4.78, 5) is 4.72. The third kappa shape index (κ3) is 5.81.